The highest BCUT2D eigenvalue weighted by Gasteiger charge is 2.50. The van der Waals surface area contributed by atoms with E-state index in [4.69, 9.17) is 16.7 Å². The van der Waals surface area contributed by atoms with E-state index >= 15 is 0 Å². The molecule has 1 spiro atoms. The number of hydrogen-bond acceptors (Lipinski definition) is 4. The Kier molecular flexibility index (Phi) is 4.70. The molecule has 2 heterocycles. The number of ketones is 1. The SMILES string of the molecule is O=C(O)CNC(=O)C1=C(O)C2(CCCC2)n2c(ccc2-c2ccc(Cl)cc2)C1=O. The molecule has 1 aliphatic heterocycles. The summed E-state index contributed by atoms with van der Waals surface area (Å²) < 4.78 is 1.83. The minimum Gasteiger partial charge on any atom is -0.509 e. The van der Waals surface area contributed by atoms with Crippen LogP contribution in [0.25, 0.3) is 11.3 Å². The van der Waals surface area contributed by atoms with Gasteiger partial charge in [0.1, 0.15) is 23.4 Å². The number of hydrogen-bond donors (Lipinski definition) is 3. The van der Waals surface area contributed by atoms with Gasteiger partial charge >= 0.3 is 5.97 Å². The van der Waals surface area contributed by atoms with Gasteiger partial charge < -0.3 is 20.1 Å². The zero-order valence-corrected chi connectivity index (χ0v) is 16.2. The molecule has 1 saturated carbocycles. The van der Waals surface area contributed by atoms with E-state index in [0.29, 0.717) is 23.6 Å². The Bertz CT molecular complexity index is 1050. The molecular weight excluding hydrogens is 396 g/mol. The van der Waals surface area contributed by atoms with E-state index in [2.05, 4.69) is 5.32 Å². The van der Waals surface area contributed by atoms with Gasteiger partial charge in [-0.2, -0.15) is 0 Å². The van der Waals surface area contributed by atoms with E-state index in [1.807, 2.05) is 16.7 Å². The fourth-order valence-corrected chi connectivity index (χ4v) is 4.50. The van der Waals surface area contributed by atoms with Gasteiger partial charge in [-0.25, -0.2) is 0 Å². The van der Waals surface area contributed by atoms with Crippen LogP contribution in [0.15, 0.2) is 47.7 Å². The summed E-state index contributed by atoms with van der Waals surface area (Å²) in [6, 6.07) is 10.6. The fraction of sp³-hybridized carbons (Fsp3) is 0.286. The van der Waals surface area contributed by atoms with Gasteiger partial charge in [0.15, 0.2) is 0 Å². The maximum atomic E-state index is 13.1. The van der Waals surface area contributed by atoms with Crippen LogP contribution in [0.3, 0.4) is 0 Å². The number of carboxylic acid groups (broad SMARTS) is 1. The van der Waals surface area contributed by atoms with Gasteiger partial charge in [-0.05, 0) is 42.7 Å². The molecule has 2 aliphatic rings. The number of fused-ring (bicyclic) bond motifs is 2. The molecule has 1 fully saturated rings. The summed E-state index contributed by atoms with van der Waals surface area (Å²) in [5.41, 5.74) is 0.615. The molecule has 1 aromatic carbocycles. The van der Waals surface area contributed by atoms with Crippen molar-refractivity contribution >= 4 is 29.3 Å². The van der Waals surface area contributed by atoms with Crippen LogP contribution in [0.4, 0.5) is 0 Å². The van der Waals surface area contributed by atoms with Gasteiger partial charge in [-0.3, -0.25) is 14.4 Å². The highest BCUT2D eigenvalue weighted by atomic mass is 35.5. The topological polar surface area (TPSA) is 109 Å². The van der Waals surface area contributed by atoms with Gasteiger partial charge in [0.05, 0.1) is 5.69 Å². The number of aliphatic hydroxyl groups is 1. The monoisotopic (exact) mass is 414 g/mol. The average Bonchev–Trinajstić information content (AvgIpc) is 3.34. The minimum atomic E-state index is -1.23. The number of carboxylic acids is 1. The van der Waals surface area contributed by atoms with Gasteiger partial charge in [0, 0.05) is 10.7 Å². The molecule has 1 aliphatic carbocycles. The zero-order chi connectivity index (χ0) is 20.8. The highest BCUT2D eigenvalue weighted by Crippen LogP contribution is 2.49. The van der Waals surface area contributed by atoms with Crippen LogP contribution >= 0.6 is 11.6 Å². The number of amides is 1. The van der Waals surface area contributed by atoms with E-state index < -0.39 is 29.7 Å². The average molecular weight is 415 g/mol. The Labute approximate surface area is 171 Å². The number of aliphatic carboxylic acids is 1. The Morgan fingerprint density at radius 2 is 1.69 bits per heavy atom. The predicted octanol–water partition coefficient (Wildman–Crippen LogP) is 3.29. The number of nitrogens with zero attached hydrogens (tertiary/aromatic N) is 1. The summed E-state index contributed by atoms with van der Waals surface area (Å²) >= 11 is 5.99. The first kappa shape index (κ1) is 19.3. The zero-order valence-electron chi connectivity index (χ0n) is 15.4. The molecule has 29 heavy (non-hydrogen) atoms. The number of carbonyl (C=O) groups is 3. The number of aromatic nitrogens is 1. The number of allylic oxidation sites excluding steroid dienone is 1. The number of rotatable bonds is 4. The van der Waals surface area contributed by atoms with Crippen LogP contribution in [0.2, 0.25) is 5.02 Å². The summed E-state index contributed by atoms with van der Waals surface area (Å²) in [7, 11) is 0. The lowest BCUT2D eigenvalue weighted by atomic mass is 9.84. The van der Waals surface area contributed by atoms with Gasteiger partial charge in [-0.1, -0.05) is 36.6 Å². The summed E-state index contributed by atoms with van der Waals surface area (Å²) in [5, 5.41) is 22.7. The van der Waals surface area contributed by atoms with Crippen LogP contribution in [-0.2, 0) is 15.1 Å². The normalized spacial score (nSPS) is 17.5. The minimum absolute atomic E-state index is 0.290. The first-order valence-electron chi connectivity index (χ1n) is 9.32. The number of aliphatic hydroxyl groups excluding tert-OH is 1. The van der Waals surface area contributed by atoms with Crippen molar-refractivity contribution in [1.29, 1.82) is 0 Å². The van der Waals surface area contributed by atoms with Crippen LogP contribution in [0, 0.1) is 0 Å². The second kappa shape index (κ2) is 7.08. The number of Topliss-reactive ketones (excluding diaryl/α,β-unsaturated/α-hetero) is 1. The molecule has 0 saturated heterocycles. The van der Waals surface area contributed by atoms with Crippen molar-refractivity contribution in [3.63, 3.8) is 0 Å². The molecule has 0 bridgehead atoms. The number of benzene rings is 1. The Balaban J connectivity index is 1.86. The van der Waals surface area contributed by atoms with Crippen LogP contribution in [0.5, 0.6) is 0 Å². The number of halogens is 1. The Morgan fingerprint density at radius 3 is 2.31 bits per heavy atom. The smallest absolute Gasteiger partial charge is 0.322 e. The molecule has 0 radical (unpaired) electrons. The second-order valence-corrected chi connectivity index (χ2v) is 7.75. The predicted molar refractivity (Wildman–Crippen MR) is 106 cm³/mol. The first-order valence-corrected chi connectivity index (χ1v) is 9.69. The van der Waals surface area contributed by atoms with Gasteiger partial charge in [0.2, 0.25) is 5.78 Å². The van der Waals surface area contributed by atoms with Gasteiger partial charge in [0.25, 0.3) is 5.91 Å². The molecule has 3 N–H and O–H groups in total. The molecular formula is C21H19ClN2O5. The summed E-state index contributed by atoms with van der Waals surface area (Å²) in [6.07, 6.45) is 2.81. The lowest BCUT2D eigenvalue weighted by molar-refractivity contribution is -0.137. The van der Waals surface area contributed by atoms with Crippen LogP contribution in [-0.4, -0.2) is 39.0 Å². The third kappa shape index (κ3) is 3.02. The summed E-state index contributed by atoms with van der Waals surface area (Å²) in [5.74, 6) is -3.02. The molecule has 4 rings (SSSR count). The van der Waals surface area contributed by atoms with E-state index in [-0.39, 0.29) is 11.3 Å². The standard InChI is InChI=1S/C21H19ClN2O5/c22-13-5-3-12(4-6-13)14-7-8-15-18(27)17(20(29)23-11-16(25)26)19(28)21(24(14)15)9-1-2-10-21/h3-8,28H,1-2,9-11H2,(H,23,29)(H,25,26). The second-order valence-electron chi connectivity index (χ2n) is 7.31. The molecule has 8 heteroatoms. The van der Waals surface area contributed by atoms with E-state index in [1.165, 1.54) is 0 Å². The van der Waals surface area contributed by atoms with Crippen molar-refractivity contribution < 1.29 is 24.6 Å². The summed E-state index contributed by atoms with van der Waals surface area (Å²) in [6.45, 7) is -0.632. The van der Waals surface area contributed by atoms with Crippen molar-refractivity contribution in [1.82, 2.24) is 9.88 Å². The maximum Gasteiger partial charge on any atom is 0.322 e. The quantitative estimate of drug-likeness (QED) is 0.665. The third-order valence-corrected chi connectivity index (χ3v) is 5.90. The maximum absolute atomic E-state index is 13.1. The molecule has 0 atom stereocenters. The van der Waals surface area contributed by atoms with Crippen LogP contribution in [0.1, 0.15) is 36.2 Å². The summed E-state index contributed by atoms with van der Waals surface area (Å²) in [4.78, 5) is 36.4. The van der Waals surface area contributed by atoms with Crippen molar-refractivity contribution in [2.24, 2.45) is 0 Å². The Hall–Kier alpha value is -3.06. The highest BCUT2D eigenvalue weighted by molar-refractivity contribution is 6.30. The number of carbonyl (C=O) groups excluding carboxylic acids is 2. The fourth-order valence-electron chi connectivity index (χ4n) is 4.37. The molecule has 0 unspecified atom stereocenters. The van der Waals surface area contributed by atoms with E-state index in [1.54, 1.807) is 24.3 Å². The van der Waals surface area contributed by atoms with E-state index in [0.717, 1.165) is 24.1 Å². The van der Waals surface area contributed by atoms with Crippen molar-refractivity contribution in [2.75, 3.05) is 6.54 Å². The molecule has 7 nitrogen and oxygen atoms in total. The molecule has 1 aromatic heterocycles. The van der Waals surface area contributed by atoms with Crippen molar-refractivity contribution in [3.05, 3.63) is 58.4 Å². The lowest BCUT2D eigenvalue weighted by Crippen LogP contribution is -2.44. The molecule has 150 valence electrons. The number of nitrogens with one attached hydrogen (secondary N) is 1. The lowest BCUT2D eigenvalue weighted by Gasteiger charge is -2.38. The Morgan fingerprint density at radius 1 is 1.07 bits per heavy atom. The molecule has 2 aromatic rings. The van der Waals surface area contributed by atoms with Crippen LogP contribution < -0.4 is 5.32 Å². The van der Waals surface area contributed by atoms with Gasteiger partial charge in [-0.15, -0.1) is 0 Å². The molecule has 1 amide bonds. The van der Waals surface area contributed by atoms with Crippen molar-refractivity contribution in [3.8, 4) is 11.3 Å². The first-order chi connectivity index (χ1) is 13.8. The van der Waals surface area contributed by atoms with E-state index in [9.17, 15) is 19.5 Å². The third-order valence-electron chi connectivity index (χ3n) is 5.64. The van der Waals surface area contributed by atoms with Crippen molar-refractivity contribution in [2.45, 2.75) is 31.2 Å². The largest absolute Gasteiger partial charge is 0.509 e.